The highest BCUT2D eigenvalue weighted by molar-refractivity contribution is 5.68. The first-order valence-corrected chi connectivity index (χ1v) is 7.50. The highest BCUT2D eigenvalue weighted by atomic mass is 16.6. The Labute approximate surface area is 111 Å². The molecule has 3 heteroatoms. The van der Waals surface area contributed by atoms with E-state index in [-0.39, 0.29) is 5.97 Å². The summed E-state index contributed by atoms with van der Waals surface area (Å²) in [6, 6.07) is 0. The molecule has 0 saturated carbocycles. The number of carbonyl (C=O) groups excluding carboxylic acids is 1. The maximum Gasteiger partial charge on any atom is 0.305 e. The summed E-state index contributed by atoms with van der Waals surface area (Å²) >= 11 is 0. The van der Waals surface area contributed by atoms with Crippen LogP contribution in [0.15, 0.2) is 0 Å². The van der Waals surface area contributed by atoms with Gasteiger partial charge in [0, 0.05) is 6.42 Å². The standard InChI is InChI=1S/C15H28O3/c1-3-10-13-14(18-13)11-8-6-4-5-7-9-12-15(16)17-2/h13-14H,3-12H2,1-2H3. The Morgan fingerprint density at radius 1 is 1.00 bits per heavy atom. The van der Waals surface area contributed by atoms with E-state index in [9.17, 15) is 4.79 Å². The van der Waals surface area contributed by atoms with Gasteiger partial charge in [-0.15, -0.1) is 0 Å². The fourth-order valence-electron chi connectivity index (χ4n) is 2.40. The van der Waals surface area contributed by atoms with Crippen molar-refractivity contribution in [2.24, 2.45) is 0 Å². The highest BCUT2D eigenvalue weighted by Gasteiger charge is 2.36. The number of carbonyl (C=O) groups is 1. The van der Waals surface area contributed by atoms with Crippen LogP contribution in [0.3, 0.4) is 0 Å². The average molecular weight is 256 g/mol. The van der Waals surface area contributed by atoms with Gasteiger partial charge in [-0.1, -0.05) is 45.4 Å². The van der Waals surface area contributed by atoms with Crippen molar-refractivity contribution in [3.8, 4) is 0 Å². The van der Waals surface area contributed by atoms with E-state index in [4.69, 9.17) is 4.74 Å². The Morgan fingerprint density at radius 3 is 2.28 bits per heavy atom. The van der Waals surface area contributed by atoms with Gasteiger partial charge in [-0.3, -0.25) is 4.79 Å². The third kappa shape index (κ3) is 7.00. The Hall–Kier alpha value is -0.570. The molecular formula is C15H28O3. The number of hydrogen-bond acceptors (Lipinski definition) is 3. The fourth-order valence-corrected chi connectivity index (χ4v) is 2.40. The van der Waals surface area contributed by atoms with Crippen LogP contribution >= 0.6 is 0 Å². The first-order valence-electron chi connectivity index (χ1n) is 7.50. The molecular weight excluding hydrogens is 228 g/mol. The number of esters is 1. The third-order valence-electron chi connectivity index (χ3n) is 3.61. The van der Waals surface area contributed by atoms with Crippen LogP contribution in [0.25, 0.3) is 0 Å². The first kappa shape index (κ1) is 15.5. The van der Waals surface area contributed by atoms with Crippen LogP contribution in [0.5, 0.6) is 0 Å². The summed E-state index contributed by atoms with van der Waals surface area (Å²) in [7, 11) is 1.45. The molecule has 0 aromatic heterocycles. The number of unbranched alkanes of at least 4 members (excludes halogenated alkanes) is 5. The SMILES string of the molecule is CCCC1OC1CCCCCCCCC(=O)OC. The molecule has 2 unspecified atom stereocenters. The maximum absolute atomic E-state index is 10.9. The molecule has 0 amide bonds. The van der Waals surface area contributed by atoms with E-state index in [0.29, 0.717) is 18.6 Å². The minimum Gasteiger partial charge on any atom is -0.469 e. The molecule has 0 spiro atoms. The monoisotopic (exact) mass is 256 g/mol. The molecule has 1 aliphatic heterocycles. The summed E-state index contributed by atoms with van der Waals surface area (Å²) in [5, 5.41) is 0. The van der Waals surface area contributed by atoms with Gasteiger partial charge in [0.1, 0.15) is 0 Å². The smallest absolute Gasteiger partial charge is 0.305 e. The second kappa shape index (κ2) is 9.37. The third-order valence-corrected chi connectivity index (χ3v) is 3.61. The molecule has 0 aromatic rings. The Balaban J connectivity index is 1.76. The van der Waals surface area contributed by atoms with Crippen molar-refractivity contribution < 1.29 is 14.3 Å². The van der Waals surface area contributed by atoms with Gasteiger partial charge in [0.05, 0.1) is 19.3 Å². The molecule has 0 radical (unpaired) electrons. The van der Waals surface area contributed by atoms with Gasteiger partial charge in [0.25, 0.3) is 0 Å². The van der Waals surface area contributed by atoms with E-state index < -0.39 is 0 Å². The summed E-state index contributed by atoms with van der Waals surface area (Å²) in [4.78, 5) is 10.9. The Kier molecular flexibility index (Phi) is 8.06. The molecule has 2 atom stereocenters. The Bertz CT molecular complexity index is 228. The molecule has 1 rings (SSSR count). The highest BCUT2D eigenvalue weighted by Crippen LogP contribution is 2.30. The molecule has 0 bridgehead atoms. The minimum absolute atomic E-state index is 0.0807. The summed E-state index contributed by atoms with van der Waals surface area (Å²) < 4.78 is 10.2. The zero-order valence-electron chi connectivity index (χ0n) is 12.0. The topological polar surface area (TPSA) is 38.8 Å². The van der Waals surface area contributed by atoms with Crippen molar-refractivity contribution in [2.45, 2.75) is 83.3 Å². The lowest BCUT2D eigenvalue weighted by Gasteiger charge is -2.01. The second-order valence-corrected chi connectivity index (χ2v) is 5.24. The maximum atomic E-state index is 10.9. The van der Waals surface area contributed by atoms with E-state index in [0.717, 1.165) is 12.8 Å². The van der Waals surface area contributed by atoms with Crippen molar-refractivity contribution >= 4 is 5.97 Å². The molecule has 0 N–H and O–H groups in total. The van der Waals surface area contributed by atoms with Crippen LogP contribution in [-0.2, 0) is 14.3 Å². The first-order chi connectivity index (χ1) is 8.77. The van der Waals surface area contributed by atoms with E-state index in [1.165, 1.54) is 52.1 Å². The molecule has 3 nitrogen and oxygen atoms in total. The fraction of sp³-hybridized carbons (Fsp3) is 0.933. The van der Waals surface area contributed by atoms with Crippen LogP contribution in [0.4, 0.5) is 0 Å². The predicted molar refractivity (Wildman–Crippen MR) is 72.5 cm³/mol. The second-order valence-electron chi connectivity index (χ2n) is 5.24. The van der Waals surface area contributed by atoms with Crippen molar-refractivity contribution in [2.75, 3.05) is 7.11 Å². The van der Waals surface area contributed by atoms with Gasteiger partial charge in [-0.05, 0) is 19.3 Å². The van der Waals surface area contributed by atoms with Gasteiger partial charge >= 0.3 is 5.97 Å². The lowest BCUT2D eigenvalue weighted by Crippen LogP contribution is -1.99. The molecule has 106 valence electrons. The molecule has 0 aliphatic carbocycles. The zero-order chi connectivity index (χ0) is 13.2. The minimum atomic E-state index is -0.0807. The van der Waals surface area contributed by atoms with E-state index >= 15 is 0 Å². The van der Waals surface area contributed by atoms with E-state index in [2.05, 4.69) is 11.7 Å². The lowest BCUT2D eigenvalue weighted by atomic mass is 10.1. The number of rotatable bonds is 11. The lowest BCUT2D eigenvalue weighted by molar-refractivity contribution is -0.140. The van der Waals surface area contributed by atoms with Crippen LogP contribution in [0.1, 0.15) is 71.1 Å². The molecule has 1 heterocycles. The number of epoxide rings is 1. The van der Waals surface area contributed by atoms with Crippen LogP contribution in [0, 0.1) is 0 Å². The number of hydrogen-bond donors (Lipinski definition) is 0. The summed E-state index contributed by atoms with van der Waals surface area (Å²) in [5.74, 6) is -0.0807. The van der Waals surface area contributed by atoms with Crippen molar-refractivity contribution in [1.82, 2.24) is 0 Å². The number of ether oxygens (including phenoxy) is 2. The van der Waals surface area contributed by atoms with Gasteiger partial charge in [-0.25, -0.2) is 0 Å². The zero-order valence-corrected chi connectivity index (χ0v) is 12.0. The largest absolute Gasteiger partial charge is 0.469 e. The summed E-state index contributed by atoms with van der Waals surface area (Å²) in [6.07, 6.45) is 12.7. The normalized spacial score (nSPS) is 21.9. The van der Waals surface area contributed by atoms with Crippen molar-refractivity contribution in [3.63, 3.8) is 0 Å². The van der Waals surface area contributed by atoms with Gasteiger partial charge < -0.3 is 9.47 Å². The van der Waals surface area contributed by atoms with E-state index in [1.54, 1.807) is 0 Å². The Morgan fingerprint density at radius 2 is 1.61 bits per heavy atom. The molecule has 1 fully saturated rings. The number of methoxy groups -OCH3 is 1. The average Bonchev–Trinajstić information content (AvgIpc) is 3.11. The van der Waals surface area contributed by atoms with Gasteiger partial charge in [-0.2, -0.15) is 0 Å². The van der Waals surface area contributed by atoms with Crippen molar-refractivity contribution in [1.29, 1.82) is 0 Å². The molecule has 18 heavy (non-hydrogen) atoms. The quantitative estimate of drug-likeness (QED) is 0.320. The molecule has 0 aromatic carbocycles. The van der Waals surface area contributed by atoms with Gasteiger partial charge in [0.2, 0.25) is 0 Å². The summed E-state index contributed by atoms with van der Waals surface area (Å²) in [6.45, 7) is 2.22. The van der Waals surface area contributed by atoms with Crippen LogP contribution < -0.4 is 0 Å². The summed E-state index contributed by atoms with van der Waals surface area (Å²) in [5.41, 5.74) is 0. The van der Waals surface area contributed by atoms with Crippen LogP contribution in [0.2, 0.25) is 0 Å². The predicted octanol–water partition coefficient (Wildman–Crippen LogP) is 3.85. The molecule has 1 aliphatic rings. The van der Waals surface area contributed by atoms with E-state index in [1.807, 2.05) is 0 Å². The molecule has 1 saturated heterocycles. The van der Waals surface area contributed by atoms with Crippen LogP contribution in [-0.4, -0.2) is 25.3 Å². The van der Waals surface area contributed by atoms with Crippen molar-refractivity contribution in [3.05, 3.63) is 0 Å². The van der Waals surface area contributed by atoms with Gasteiger partial charge in [0.15, 0.2) is 0 Å².